The lowest BCUT2D eigenvalue weighted by Gasteiger charge is -2.44. The highest BCUT2D eigenvalue weighted by molar-refractivity contribution is 6.30. The Hall–Kier alpha value is -2.86. The third-order valence-corrected chi connectivity index (χ3v) is 5.92. The molecule has 0 saturated carbocycles. The number of halogens is 2. The summed E-state index contributed by atoms with van der Waals surface area (Å²) in [4.78, 5) is 26.6. The zero-order valence-electron chi connectivity index (χ0n) is 17.0. The van der Waals surface area contributed by atoms with Gasteiger partial charge in [-0.15, -0.1) is 0 Å². The number of hydrogen-bond acceptors (Lipinski definition) is 3. The molecule has 1 N–H and O–H groups in total. The van der Waals surface area contributed by atoms with Crippen LogP contribution in [0, 0.1) is 0 Å². The van der Waals surface area contributed by atoms with Gasteiger partial charge in [-0.25, -0.2) is 0 Å². The summed E-state index contributed by atoms with van der Waals surface area (Å²) in [5.41, 5.74) is 2.52. The molecule has 1 fully saturated rings. The van der Waals surface area contributed by atoms with E-state index in [1.807, 2.05) is 54.6 Å². The second kappa shape index (κ2) is 9.74. The summed E-state index contributed by atoms with van der Waals surface area (Å²) in [7, 11) is 0. The summed E-state index contributed by atoms with van der Waals surface area (Å²) in [5.74, 6) is -1.47. The summed E-state index contributed by atoms with van der Waals surface area (Å²) in [6, 6.07) is 23.5. The second-order valence-corrected chi connectivity index (χ2v) is 8.52. The highest BCUT2D eigenvalue weighted by atomic mass is 35.5. The van der Waals surface area contributed by atoms with Crippen molar-refractivity contribution >= 4 is 35.1 Å². The highest BCUT2D eigenvalue weighted by Gasteiger charge is 2.44. The molecule has 164 valence electrons. The van der Waals surface area contributed by atoms with Gasteiger partial charge in [-0.2, -0.15) is 0 Å². The molecule has 1 aliphatic rings. The number of carboxylic acids is 1. The molecule has 1 aliphatic heterocycles. The molecule has 0 radical (unpaired) electrons. The number of carboxylic acid groups (broad SMARTS) is 1. The van der Waals surface area contributed by atoms with Gasteiger partial charge in [-0.3, -0.25) is 9.59 Å². The number of carbonyl (C=O) groups is 2. The molecule has 1 saturated heterocycles. The maximum atomic E-state index is 13.4. The Bertz CT molecular complexity index is 1100. The lowest BCUT2D eigenvalue weighted by atomic mass is 9.90. The standard InChI is InChI=1S/C25H21Cl2NO4/c26-19-11-9-17(10-12-19)23-24(18-7-4-8-20(27)13-18)32-21(14-22(29)30)25(31)28(23)15-16-5-2-1-3-6-16/h1-13,21,23-24H,14-15H2,(H,29,30)/t21-,23+,24+/m0/s1. The van der Waals surface area contributed by atoms with E-state index < -0.39 is 30.6 Å². The third kappa shape index (κ3) is 4.96. The van der Waals surface area contributed by atoms with Gasteiger partial charge < -0.3 is 14.7 Å². The lowest BCUT2D eigenvalue weighted by Crippen LogP contribution is -2.51. The summed E-state index contributed by atoms with van der Waals surface area (Å²) >= 11 is 12.4. The molecule has 0 aliphatic carbocycles. The first-order valence-corrected chi connectivity index (χ1v) is 10.9. The van der Waals surface area contributed by atoms with Gasteiger partial charge in [0.2, 0.25) is 0 Å². The molecule has 4 rings (SSSR count). The number of ether oxygens (including phenoxy) is 1. The van der Waals surface area contributed by atoms with Crippen LogP contribution in [0.15, 0.2) is 78.9 Å². The zero-order valence-corrected chi connectivity index (χ0v) is 18.5. The summed E-state index contributed by atoms with van der Waals surface area (Å²) < 4.78 is 6.15. The van der Waals surface area contributed by atoms with Crippen LogP contribution in [0.5, 0.6) is 0 Å². The van der Waals surface area contributed by atoms with Crippen LogP contribution in [0.4, 0.5) is 0 Å². The average Bonchev–Trinajstić information content (AvgIpc) is 2.77. The van der Waals surface area contributed by atoms with Crippen LogP contribution < -0.4 is 0 Å². The van der Waals surface area contributed by atoms with Crippen molar-refractivity contribution in [3.63, 3.8) is 0 Å². The molecule has 1 heterocycles. The van der Waals surface area contributed by atoms with Gasteiger partial charge in [-0.05, 0) is 41.0 Å². The van der Waals surface area contributed by atoms with E-state index in [1.54, 1.807) is 29.2 Å². The maximum Gasteiger partial charge on any atom is 0.306 e. The predicted molar refractivity (Wildman–Crippen MR) is 123 cm³/mol. The Kier molecular flexibility index (Phi) is 6.80. The van der Waals surface area contributed by atoms with Crippen LogP contribution in [0.1, 0.15) is 35.3 Å². The number of amides is 1. The number of rotatable bonds is 6. The van der Waals surface area contributed by atoms with Crippen LogP contribution >= 0.6 is 23.2 Å². The monoisotopic (exact) mass is 469 g/mol. The number of benzene rings is 3. The van der Waals surface area contributed by atoms with E-state index in [4.69, 9.17) is 27.9 Å². The van der Waals surface area contributed by atoms with Crippen LogP contribution in [0.25, 0.3) is 0 Å². The van der Waals surface area contributed by atoms with Crippen molar-refractivity contribution in [3.05, 3.63) is 106 Å². The molecule has 3 aromatic rings. The smallest absolute Gasteiger partial charge is 0.306 e. The number of hydrogen-bond donors (Lipinski definition) is 1. The van der Waals surface area contributed by atoms with E-state index >= 15 is 0 Å². The van der Waals surface area contributed by atoms with Crippen molar-refractivity contribution in [2.45, 2.75) is 31.2 Å². The molecule has 3 aromatic carbocycles. The molecule has 0 aromatic heterocycles. The van der Waals surface area contributed by atoms with Crippen molar-refractivity contribution < 1.29 is 19.4 Å². The molecule has 0 unspecified atom stereocenters. The fourth-order valence-corrected chi connectivity index (χ4v) is 4.33. The first kappa shape index (κ1) is 22.3. The molecule has 5 nitrogen and oxygen atoms in total. The van der Waals surface area contributed by atoms with Crippen molar-refractivity contribution in [2.75, 3.05) is 0 Å². The first-order valence-electron chi connectivity index (χ1n) is 10.1. The van der Waals surface area contributed by atoms with Crippen molar-refractivity contribution in [3.8, 4) is 0 Å². The average molecular weight is 470 g/mol. The number of aliphatic carboxylic acids is 1. The fraction of sp³-hybridized carbons (Fsp3) is 0.200. The molecule has 32 heavy (non-hydrogen) atoms. The minimum atomic E-state index is -1.11. The van der Waals surface area contributed by atoms with E-state index in [0.717, 1.165) is 16.7 Å². The highest BCUT2D eigenvalue weighted by Crippen LogP contribution is 2.43. The predicted octanol–water partition coefficient (Wildman–Crippen LogP) is 5.68. The van der Waals surface area contributed by atoms with Gasteiger partial charge in [0, 0.05) is 16.6 Å². The summed E-state index contributed by atoms with van der Waals surface area (Å²) in [6.07, 6.45) is -2.14. The molecule has 7 heteroatoms. The molecule has 1 amide bonds. The number of nitrogens with zero attached hydrogens (tertiary/aromatic N) is 1. The topological polar surface area (TPSA) is 66.8 Å². The Labute approximate surface area is 196 Å². The van der Waals surface area contributed by atoms with E-state index in [-0.39, 0.29) is 5.91 Å². The lowest BCUT2D eigenvalue weighted by molar-refractivity contribution is -0.180. The quantitative estimate of drug-likeness (QED) is 0.504. The number of carbonyl (C=O) groups excluding carboxylic acids is 1. The van der Waals surface area contributed by atoms with E-state index in [9.17, 15) is 14.7 Å². The van der Waals surface area contributed by atoms with Crippen molar-refractivity contribution in [1.82, 2.24) is 4.90 Å². The molecular weight excluding hydrogens is 449 g/mol. The maximum absolute atomic E-state index is 13.4. The SMILES string of the molecule is O=C(O)C[C@@H]1O[C@H](c2cccc(Cl)c2)[C@@H](c2ccc(Cl)cc2)N(Cc2ccccc2)C1=O. The normalized spacial score (nSPS) is 20.9. The molecule has 0 bridgehead atoms. The molecular formula is C25H21Cl2NO4. The van der Waals surface area contributed by atoms with Gasteiger partial charge in [0.15, 0.2) is 0 Å². The van der Waals surface area contributed by atoms with Gasteiger partial charge in [0.1, 0.15) is 12.2 Å². The fourth-order valence-electron chi connectivity index (χ4n) is 4.00. The van der Waals surface area contributed by atoms with Crippen molar-refractivity contribution in [1.29, 1.82) is 0 Å². The van der Waals surface area contributed by atoms with Gasteiger partial charge >= 0.3 is 5.97 Å². The Morgan fingerprint density at radius 1 is 0.906 bits per heavy atom. The molecule has 0 spiro atoms. The van der Waals surface area contributed by atoms with E-state index in [2.05, 4.69) is 0 Å². The summed E-state index contributed by atoms with van der Waals surface area (Å²) in [5, 5.41) is 10.5. The number of morpholine rings is 1. The zero-order chi connectivity index (χ0) is 22.7. The van der Waals surface area contributed by atoms with Gasteiger partial charge in [-0.1, -0.05) is 77.8 Å². The van der Waals surface area contributed by atoms with Crippen LogP contribution in [0.2, 0.25) is 10.0 Å². The third-order valence-electron chi connectivity index (χ3n) is 5.44. The minimum absolute atomic E-state index is 0.309. The second-order valence-electron chi connectivity index (χ2n) is 7.65. The van der Waals surface area contributed by atoms with Crippen molar-refractivity contribution in [2.24, 2.45) is 0 Å². The van der Waals surface area contributed by atoms with Crippen LogP contribution in [-0.2, 0) is 20.9 Å². The van der Waals surface area contributed by atoms with Crippen LogP contribution in [-0.4, -0.2) is 28.0 Å². The summed E-state index contributed by atoms with van der Waals surface area (Å²) in [6.45, 7) is 0.309. The molecule has 3 atom stereocenters. The first-order chi connectivity index (χ1) is 15.4. The largest absolute Gasteiger partial charge is 0.481 e. The Balaban J connectivity index is 1.83. The minimum Gasteiger partial charge on any atom is -0.481 e. The van der Waals surface area contributed by atoms with Gasteiger partial charge in [0.05, 0.1) is 12.5 Å². The Morgan fingerprint density at radius 2 is 1.62 bits per heavy atom. The van der Waals surface area contributed by atoms with E-state index in [1.165, 1.54) is 0 Å². The Morgan fingerprint density at radius 3 is 2.28 bits per heavy atom. The van der Waals surface area contributed by atoms with Gasteiger partial charge in [0.25, 0.3) is 5.91 Å². The van der Waals surface area contributed by atoms with Crippen LogP contribution in [0.3, 0.4) is 0 Å². The van der Waals surface area contributed by atoms with E-state index in [0.29, 0.717) is 16.6 Å².